The van der Waals surface area contributed by atoms with Crippen LogP contribution in [0.25, 0.3) is 21.7 Å². The predicted molar refractivity (Wildman–Crippen MR) is 208 cm³/mol. The van der Waals surface area contributed by atoms with Crippen molar-refractivity contribution in [1.82, 2.24) is 35.6 Å². The first-order valence-electron chi connectivity index (χ1n) is 18.0. The SMILES string of the molecule is C=C(N[C@@H](C)c1ccc(-c2scnc2C)cc1)[C@@H]1C[C@@H](O)CN1C(=O)[C@@H](NC(=O)CN1CCN(c2cc(-c3ccccc3O)nnc2N)CC1)C(C)C. The number of aliphatic hydroxyl groups is 1. The number of nitrogens with two attached hydrogens (primary N) is 1. The largest absolute Gasteiger partial charge is 0.507 e. The monoisotopic (exact) mass is 739 g/mol. The maximum atomic E-state index is 14.1. The number of aromatic hydroxyl groups is 1. The molecule has 2 aromatic carbocycles. The molecule has 0 bridgehead atoms. The molecular formula is C39H49N9O4S. The van der Waals surface area contributed by atoms with Crippen LogP contribution in [-0.2, 0) is 9.59 Å². The molecular weight excluding hydrogens is 691 g/mol. The van der Waals surface area contributed by atoms with E-state index in [9.17, 15) is 19.8 Å². The summed E-state index contributed by atoms with van der Waals surface area (Å²) in [5.41, 5.74) is 13.7. The number of aliphatic hydroxyl groups excluding tert-OH is 1. The number of para-hydroxylation sites is 1. The van der Waals surface area contributed by atoms with Crippen molar-refractivity contribution in [1.29, 1.82) is 0 Å². The highest BCUT2D eigenvalue weighted by Gasteiger charge is 2.40. The summed E-state index contributed by atoms with van der Waals surface area (Å²) in [5, 5.41) is 35.8. The molecule has 4 heterocycles. The Morgan fingerprint density at radius 1 is 1.04 bits per heavy atom. The summed E-state index contributed by atoms with van der Waals surface area (Å²) in [5.74, 6) is -0.248. The Morgan fingerprint density at radius 3 is 2.42 bits per heavy atom. The van der Waals surface area contributed by atoms with E-state index in [-0.39, 0.29) is 42.6 Å². The molecule has 4 atom stereocenters. The molecule has 0 saturated carbocycles. The summed E-state index contributed by atoms with van der Waals surface area (Å²) in [4.78, 5) is 38.8. The molecule has 53 heavy (non-hydrogen) atoms. The minimum absolute atomic E-state index is 0.0829. The average molecular weight is 740 g/mol. The third kappa shape index (κ3) is 8.61. The molecule has 2 aliphatic rings. The number of thiazole rings is 1. The fourth-order valence-corrected chi connectivity index (χ4v) is 7.89. The summed E-state index contributed by atoms with van der Waals surface area (Å²) >= 11 is 1.62. The van der Waals surface area contributed by atoms with Gasteiger partial charge >= 0.3 is 0 Å². The van der Waals surface area contributed by atoms with Gasteiger partial charge in [0, 0.05) is 56.4 Å². The molecule has 280 valence electrons. The minimum Gasteiger partial charge on any atom is -0.507 e. The number of aromatic nitrogens is 3. The van der Waals surface area contributed by atoms with Crippen LogP contribution in [0, 0.1) is 12.8 Å². The quantitative estimate of drug-likeness (QED) is 0.142. The highest BCUT2D eigenvalue weighted by molar-refractivity contribution is 7.13. The van der Waals surface area contributed by atoms with Gasteiger partial charge in [0.25, 0.3) is 0 Å². The highest BCUT2D eigenvalue weighted by atomic mass is 32.1. The van der Waals surface area contributed by atoms with Crippen molar-refractivity contribution in [3.63, 3.8) is 0 Å². The zero-order valence-corrected chi connectivity index (χ0v) is 31.5. The van der Waals surface area contributed by atoms with Gasteiger partial charge in [-0.3, -0.25) is 14.5 Å². The van der Waals surface area contributed by atoms with Crippen LogP contribution in [0.15, 0.2) is 72.4 Å². The van der Waals surface area contributed by atoms with E-state index in [1.54, 1.807) is 34.4 Å². The number of nitrogens with zero attached hydrogens (tertiary/aromatic N) is 6. The van der Waals surface area contributed by atoms with E-state index >= 15 is 0 Å². The Kier molecular flexibility index (Phi) is 11.6. The van der Waals surface area contributed by atoms with Crippen LogP contribution in [0.3, 0.4) is 0 Å². The first-order chi connectivity index (χ1) is 25.4. The number of aryl methyl sites for hydroxylation is 1. The van der Waals surface area contributed by atoms with Crippen molar-refractivity contribution in [2.75, 3.05) is 49.9 Å². The highest BCUT2D eigenvalue weighted by Crippen LogP contribution is 2.32. The minimum atomic E-state index is -0.764. The van der Waals surface area contributed by atoms with Gasteiger partial charge in [-0.1, -0.05) is 56.8 Å². The molecule has 0 aliphatic carbocycles. The molecule has 2 saturated heterocycles. The number of β-amino-alcohol motifs (C(OH)–C–C–N with tert-alkyl or cyclic N) is 1. The van der Waals surface area contributed by atoms with Crippen molar-refractivity contribution in [3.8, 4) is 27.4 Å². The third-order valence-electron chi connectivity index (χ3n) is 10.1. The molecule has 6 N–H and O–H groups in total. The number of carbonyl (C=O) groups is 2. The Bertz CT molecular complexity index is 1930. The van der Waals surface area contributed by atoms with E-state index < -0.39 is 18.2 Å². The summed E-state index contributed by atoms with van der Waals surface area (Å²) in [7, 11) is 0. The number of nitrogen functional groups attached to an aromatic ring is 1. The van der Waals surface area contributed by atoms with Gasteiger partial charge in [-0.05, 0) is 49.1 Å². The second-order valence-corrected chi connectivity index (χ2v) is 15.1. The van der Waals surface area contributed by atoms with E-state index in [0.29, 0.717) is 55.4 Å². The lowest BCUT2D eigenvalue weighted by Gasteiger charge is -2.36. The Morgan fingerprint density at radius 2 is 1.75 bits per heavy atom. The number of hydrogen-bond acceptors (Lipinski definition) is 12. The first-order valence-corrected chi connectivity index (χ1v) is 18.9. The number of piperazine rings is 1. The Hall–Kier alpha value is -5.05. The number of phenols is 1. The summed E-state index contributed by atoms with van der Waals surface area (Å²) in [6, 6.07) is 15.8. The van der Waals surface area contributed by atoms with Gasteiger partial charge in [0.2, 0.25) is 11.8 Å². The Labute approximate surface area is 314 Å². The van der Waals surface area contributed by atoms with Crippen LogP contribution in [0.2, 0.25) is 0 Å². The topological polar surface area (TPSA) is 173 Å². The number of likely N-dealkylation sites (tertiary alicyclic amines) is 1. The number of rotatable bonds is 12. The average Bonchev–Trinajstić information content (AvgIpc) is 3.76. The Balaban J connectivity index is 1.04. The molecule has 2 aromatic heterocycles. The molecule has 0 radical (unpaired) electrons. The number of benzene rings is 2. The fourth-order valence-electron chi connectivity index (χ4n) is 7.08. The van der Waals surface area contributed by atoms with Gasteiger partial charge in [-0.2, -0.15) is 0 Å². The number of phenolic OH excluding ortho intramolecular Hbond substituents is 1. The van der Waals surface area contributed by atoms with Gasteiger partial charge in [-0.25, -0.2) is 4.98 Å². The molecule has 0 spiro atoms. The van der Waals surface area contributed by atoms with Crippen molar-refractivity contribution >= 4 is 34.7 Å². The smallest absolute Gasteiger partial charge is 0.246 e. The van der Waals surface area contributed by atoms with Gasteiger partial charge in [0.05, 0.1) is 46.2 Å². The zero-order valence-electron chi connectivity index (χ0n) is 30.7. The van der Waals surface area contributed by atoms with Crippen LogP contribution in [0.5, 0.6) is 5.75 Å². The normalized spacial score (nSPS) is 18.9. The van der Waals surface area contributed by atoms with Crippen LogP contribution >= 0.6 is 11.3 Å². The van der Waals surface area contributed by atoms with E-state index in [1.807, 2.05) is 50.2 Å². The number of nitrogens with one attached hydrogen (secondary N) is 2. The number of anilines is 2. The maximum Gasteiger partial charge on any atom is 0.246 e. The van der Waals surface area contributed by atoms with Crippen LogP contribution in [0.4, 0.5) is 11.5 Å². The number of hydrogen-bond donors (Lipinski definition) is 5. The molecule has 13 nitrogen and oxygen atoms in total. The summed E-state index contributed by atoms with van der Waals surface area (Å²) in [6.45, 7) is 14.9. The third-order valence-corrected chi connectivity index (χ3v) is 11.1. The molecule has 2 aliphatic heterocycles. The zero-order chi connectivity index (χ0) is 37.8. The van der Waals surface area contributed by atoms with Crippen molar-refractivity contribution < 1.29 is 19.8 Å². The van der Waals surface area contributed by atoms with Crippen molar-refractivity contribution in [3.05, 3.63) is 83.6 Å². The molecule has 2 fully saturated rings. The van der Waals surface area contributed by atoms with Gasteiger partial charge in [0.1, 0.15) is 11.8 Å². The fraction of sp³-hybridized carbons (Fsp3) is 0.410. The van der Waals surface area contributed by atoms with E-state index in [2.05, 4.69) is 61.6 Å². The lowest BCUT2D eigenvalue weighted by Crippen LogP contribution is -2.56. The van der Waals surface area contributed by atoms with Crippen LogP contribution < -0.4 is 21.3 Å². The van der Waals surface area contributed by atoms with E-state index in [4.69, 9.17) is 5.73 Å². The molecule has 6 rings (SSSR count). The van der Waals surface area contributed by atoms with Gasteiger partial charge < -0.3 is 36.4 Å². The summed E-state index contributed by atoms with van der Waals surface area (Å²) in [6.07, 6.45) is -0.332. The molecule has 0 unspecified atom stereocenters. The molecule has 4 aromatic rings. The second-order valence-electron chi connectivity index (χ2n) is 14.2. The molecule has 2 amide bonds. The van der Waals surface area contributed by atoms with Crippen molar-refractivity contribution in [2.45, 2.75) is 58.3 Å². The summed E-state index contributed by atoms with van der Waals surface area (Å²) < 4.78 is 0. The lowest BCUT2D eigenvalue weighted by atomic mass is 10.0. The van der Waals surface area contributed by atoms with Crippen molar-refractivity contribution in [2.24, 2.45) is 5.92 Å². The lowest BCUT2D eigenvalue weighted by molar-refractivity contribution is -0.138. The van der Waals surface area contributed by atoms with E-state index in [0.717, 1.165) is 27.4 Å². The second kappa shape index (κ2) is 16.3. The molecule has 14 heteroatoms. The maximum absolute atomic E-state index is 14.1. The van der Waals surface area contributed by atoms with Gasteiger partial charge in [0.15, 0.2) is 5.82 Å². The van der Waals surface area contributed by atoms with Crippen LogP contribution in [0.1, 0.15) is 44.5 Å². The number of amides is 2. The van der Waals surface area contributed by atoms with Gasteiger partial charge in [-0.15, -0.1) is 21.5 Å². The van der Waals surface area contributed by atoms with Crippen LogP contribution in [-0.4, -0.2) is 104 Å². The first kappa shape index (κ1) is 37.7. The number of carbonyl (C=O) groups excluding carboxylic acids is 2. The van der Waals surface area contributed by atoms with E-state index in [1.165, 1.54) is 0 Å². The predicted octanol–water partition coefficient (Wildman–Crippen LogP) is 3.95. The standard InChI is InChI=1S/C39H49N9O4S/c1-23(2)36(43-35(51)21-46-14-16-47(17-15-46)33-19-31(44-45-38(33)40)30-8-6-7-9-34(30)50)39(52)48-20-29(49)18-32(48)25(4)42-24(3)27-10-12-28(13-11-27)37-26(5)41-22-53-37/h6-13,19,22-24,29,32,36,42,49-50H,4,14-18,20-21H2,1-3,5H3,(H2,40,45)(H,43,51)/t24-,29+,32-,36-/m0/s1.